The first-order chi connectivity index (χ1) is 13.6. The van der Waals surface area contributed by atoms with Crippen LogP contribution in [0.2, 0.25) is 0 Å². The molecular weight excluding hydrogens is 484 g/mol. The van der Waals surface area contributed by atoms with Crippen molar-refractivity contribution < 1.29 is 9.13 Å². The van der Waals surface area contributed by atoms with Crippen LogP contribution in [0, 0.1) is 17.1 Å². The standard InChI is InChI=1S/C21H24FN5O.HI/c1-24-21(25-15-17-7-6-16(14-23)12-20(17)22)27-10-8-26(9-11-27)18-4-3-5-19(13-18)28-2;/h3-7,12-13H,8-11,15H2,1-2H3,(H,24,25);1H. The Morgan fingerprint density at radius 1 is 1.21 bits per heavy atom. The highest BCUT2D eigenvalue weighted by Gasteiger charge is 2.20. The van der Waals surface area contributed by atoms with Gasteiger partial charge in [0.25, 0.3) is 0 Å². The molecule has 29 heavy (non-hydrogen) atoms. The van der Waals surface area contributed by atoms with Crippen molar-refractivity contribution >= 4 is 35.6 Å². The van der Waals surface area contributed by atoms with Gasteiger partial charge >= 0.3 is 0 Å². The van der Waals surface area contributed by atoms with Crippen LogP contribution < -0.4 is 15.0 Å². The van der Waals surface area contributed by atoms with Gasteiger partial charge in [0.15, 0.2) is 5.96 Å². The summed E-state index contributed by atoms with van der Waals surface area (Å²) in [5.41, 5.74) is 1.97. The molecule has 3 rings (SSSR count). The van der Waals surface area contributed by atoms with Gasteiger partial charge in [0.05, 0.1) is 18.7 Å². The molecule has 2 aromatic rings. The van der Waals surface area contributed by atoms with Crippen molar-refractivity contribution in [1.82, 2.24) is 10.2 Å². The Balaban J connectivity index is 0.00000300. The van der Waals surface area contributed by atoms with Crippen molar-refractivity contribution in [3.8, 4) is 11.8 Å². The van der Waals surface area contributed by atoms with E-state index in [4.69, 9.17) is 10.00 Å². The third-order valence-corrected chi connectivity index (χ3v) is 4.83. The first-order valence-corrected chi connectivity index (χ1v) is 9.17. The molecule has 0 spiro atoms. The number of nitrogens with zero attached hydrogens (tertiary/aromatic N) is 4. The Kier molecular flexibility index (Phi) is 8.51. The van der Waals surface area contributed by atoms with E-state index in [1.54, 1.807) is 26.3 Å². The molecule has 1 fully saturated rings. The van der Waals surface area contributed by atoms with Crippen LogP contribution in [0.15, 0.2) is 47.5 Å². The normalized spacial score (nSPS) is 14.1. The molecule has 0 unspecified atom stereocenters. The van der Waals surface area contributed by atoms with Crippen molar-refractivity contribution in [2.45, 2.75) is 6.54 Å². The van der Waals surface area contributed by atoms with Crippen molar-refractivity contribution in [2.24, 2.45) is 4.99 Å². The Labute approximate surface area is 188 Å². The minimum Gasteiger partial charge on any atom is -0.497 e. The fourth-order valence-corrected chi connectivity index (χ4v) is 3.25. The molecule has 2 aromatic carbocycles. The molecule has 0 bridgehead atoms. The number of piperazine rings is 1. The average molecular weight is 509 g/mol. The maximum Gasteiger partial charge on any atom is 0.194 e. The van der Waals surface area contributed by atoms with Gasteiger partial charge in [-0.25, -0.2) is 4.39 Å². The zero-order valence-corrected chi connectivity index (χ0v) is 18.9. The van der Waals surface area contributed by atoms with E-state index < -0.39 is 0 Å². The second-order valence-electron chi connectivity index (χ2n) is 6.49. The molecular formula is C21H25FIN5O. The topological polar surface area (TPSA) is 63.9 Å². The van der Waals surface area contributed by atoms with Crippen LogP contribution in [0.25, 0.3) is 0 Å². The van der Waals surface area contributed by atoms with Crippen molar-refractivity contribution in [3.63, 3.8) is 0 Å². The average Bonchev–Trinajstić information content (AvgIpc) is 2.75. The Bertz CT molecular complexity index is 891. The van der Waals surface area contributed by atoms with Crippen LogP contribution in [0.5, 0.6) is 5.75 Å². The lowest BCUT2D eigenvalue weighted by molar-refractivity contribution is 0.371. The number of hydrogen-bond donors (Lipinski definition) is 1. The first kappa shape index (κ1) is 22.7. The van der Waals surface area contributed by atoms with Crippen LogP contribution in [0.4, 0.5) is 10.1 Å². The number of nitrogens with one attached hydrogen (secondary N) is 1. The van der Waals surface area contributed by atoms with Crippen LogP contribution in [0.1, 0.15) is 11.1 Å². The summed E-state index contributed by atoms with van der Waals surface area (Å²) >= 11 is 0. The Morgan fingerprint density at radius 3 is 2.59 bits per heavy atom. The zero-order valence-electron chi connectivity index (χ0n) is 16.6. The summed E-state index contributed by atoms with van der Waals surface area (Å²) < 4.78 is 19.4. The Hall–Kier alpha value is -2.54. The SMILES string of the molecule is CN=C(NCc1ccc(C#N)cc1F)N1CCN(c2cccc(OC)c2)CC1.I. The maximum absolute atomic E-state index is 14.1. The minimum absolute atomic E-state index is 0. The number of hydrogen-bond acceptors (Lipinski definition) is 4. The van der Waals surface area contributed by atoms with Crippen LogP contribution >= 0.6 is 24.0 Å². The van der Waals surface area contributed by atoms with E-state index in [-0.39, 0.29) is 29.8 Å². The highest BCUT2D eigenvalue weighted by atomic mass is 127. The molecule has 0 saturated carbocycles. The van der Waals surface area contributed by atoms with E-state index >= 15 is 0 Å². The number of nitriles is 1. The number of rotatable bonds is 4. The van der Waals surface area contributed by atoms with Gasteiger partial charge in [-0.3, -0.25) is 4.99 Å². The van der Waals surface area contributed by atoms with Gasteiger partial charge < -0.3 is 19.9 Å². The predicted molar refractivity (Wildman–Crippen MR) is 124 cm³/mol. The molecule has 0 amide bonds. The maximum atomic E-state index is 14.1. The van der Waals surface area contributed by atoms with Gasteiger partial charge in [-0.1, -0.05) is 12.1 Å². The minimum atomic E-state index is -0.384. The molecule has 1 heterocycles. The molecule has 1 aliphatic rings. The quantitative estimate of drug-likeness (QED) is 0.390. The molecule has 1 saturated heterocycles. The molecule has 0 aromatic heterocycles. The monoisotopic (exact) mass is 509 g/mol. The van der Waals surface area contributed by atoms with Crippen molar-refractivity contribution in [1.29, 1.82) is 5.26 Å². The van der Waals surface area contributed by atoms with Crippen LogP contribution in [-0.4, -0.2) is 51.2 Å². The van der Waals surface area contributed by atoms with E-state index in [0.29, 0.717) is 17.7 Å². The number of anilines is 1. The molecule has 0 radical (unpaired) electrons. The molecule has 0 aliphatic carbocycles. The summed E-state index contributed by atoms with van der Waals surface area (Å²) in [6, 6.07) is 14.5. The van der Waals surface area contributed by atoms with Gasteiger partial charge in [-0.15, -0.1) is 24.0 Å². The Morgan fingerprint density at radius 2 is 1.97 bits per heavy atom. The number of methoxy groups -OCH3 is 1. The van der Waals surface area contributed by atoms with E-state index in [0.717, 1.165) is 43.6 Å². The fourth-order valence-electron chi connectivity index (χ4n) is 3.25. The van der Waals surface area contributed by atoms with E-state index in [1.807, 2.05) is 24.3 Å². The lowest BCUT2D eigenvalue weighted by Gasteiger charge is -2.37. The predicted octanol–water partition coefficient (Wildman–Crippen LogP) is 3.22. The van der Waals surface area contributed by atoms with Crippen LogP contribution in [0.3, 0.4) is 0 Å². The third-order valence-electron chi connectivity index (χ3n) is 4.83. The summed E-state index contributed by atoms with van der Waals surface area (Å²) in [5, 5.41) is 12.1. The molecule has 0 atom stereocenters. The van der Waals surface area contributed by atoms with Gasteiger partial charge in [-0.05, 0) is 24.3 Å². The first-order valence-electron chi connectivity index (χ1n) is 9.17. The van der Waals surface area contributed by atoms with Crippen molar-refractivity contribution in [2.75, 3.05) is 45.2 Å². The van der Waals surface area contributed by atoms with Gasteiger partial charge in [-0.2, -0.15) is 5.26 Å². The fraction of sp³-hybridized carbons (Fsp3) is 0.333. The molecule has 8 heteroatoms. The highest BCUT2D eigenvalue weighted by Crippen LogP contribution is 2.22. The lowest BCUT2D eigenvalue weighted by Crippen LogP contribution is -2.52. The number of guanidine groups is 1. The number of ether oxygens (including phenoxy) is 1. The van der Waals surface area contributed by atoms with E-state index in [1.165, 1.54) is 6.07 Å². The summed E-state index contributed by atoms with van der Waals surface area (Å²) in [4.78, 5) is 8.81. The molecule has 1 N–H and O–H groups in total. The smallest absolute Gasteiger partial charge is 0.194 e. The van der Waals surface area contributed by atoms with Gasteiger partial charge in [0.2, 0.25) is 0 Å². The zero-order chi connectivity index (χ0) is 19.9. The van der Waals surface area contributed by atoms with E-state index in [9.17, 15) is 4.39 Å². The number of aliphatic imine (C=N–C) groups is 1. The summed E-state index contributed by atoms with van der Waals surface area (Å²) in [5.74, 6) is 1.21. The largest absolute Gasteiger partial charge is 0.497 e. The third kappa shape index (κ3) is 5.73. The molecule has 1 aliphatic heterocycles. The number of benzene rings is 2. The number of halogens is 2. The van der Waals surface area contributed by atoms with Gasteiger partial charge in [0, 0.05) is 57.1 Å². The van der Waals surface area contributed by atoms with Gasteiger partial charge in [0.1, 0.15) is 11.6 Å². The van der Waals surface area contributed by atoms with Crippen LogP contribution in [-0.2, 0) is 6.54 Å². The summed E-state index contributed by atoms with van der Waals surface area (Å²) in [6.07, 6.45) is 0. The summed E-state index contributed by atoms with van der Waals surface area (Å²) in [7, 11) is 3.40. The van der Waals surface area contributed by atoms with E-state index in [2.05, 4.69) is 26.2 Å². The highest BCUT2D eigenvalue weighted by molar-refractivity contribution is 14.0. The second kappa shape index (κ2) is 10.9. The second-order valence-corrected chi connectivity index (χ2v) is 6.49. The summed E-state index contributed by atoms with van der Waals surface area (Å²) in [6.45, 7) is 3.66. The molecule has 6 nitrogen and oxygen atoms in total. The van der Waals surface area contributed by atoms with Crippen molar-refractivity contribution in [3.05, 3.63) is 59.4 Å². The lowest BCUT2D eigenvalue weighted by atomic mass is 10.1. The molecule has 154 valence electrons.